The SMILES string of the molecule is COc1cccc(CNC(=O)Cn2c(C)nc3onc(C)c3c2=O)c1OC. The molecule has 0 fully saturated rings. The van der Waals surface area contributed by atoms with Crippen molar-refractivity contribution >= 4 is 17.0 Å². The molecule has 9 heteroatoms. The summed E-state index contributed by atoms with van der Waals surface area (Å²) in [5.74, 6) is 1.17. The van der Waals surface area contributed by atoms with Crippen molar-refractivity contribution < 1.29 is 18.8 Å². The number of ether oxygens (including phenoxy) is 2. The molecular weight excluding hydrogens is 352 g/mol. The summed E-state index contributed by atoms with van der Waals surface area (Å²) >= 11 is 0. The summed E-state index contributed by atoms with van der Waals surface area (Å²) < 4.78 is 16.9. The van der Waals surface area contributed by atoms with E-state index in [1.807, 2.05) is 12.1 Å². The number of nitrogens with zero attached hydrogens (tertiary/aromatic N) is 3. The van der Waals surface area contributed by atoms with Gasteiger partial charge in [0.15, 0.2) is 11.5 Å². The Morgan fingerprint density at radius 2 is 2.04 bits per heavy atom. The zero-order chi connectivity index (χ0) is 19.6. The van der Waals surface area contributed by atoms with Crippen LogP contribution in [0.4, 0.5) is 0 Å². The number of para-hydroxylation sites is 1. The third kappa shape index (κ3) is 3.48. The van der Waals surface area contributed by atoms with Crippen LogP contribution in [0.25, 0.3) is 11.1 Å². The normalized spacial score (nSPS) is 10.8. The molecule has 0 bridgehead atoms. The van der Waals surface area contributed by atoms with Crippen molar-refractivity contribution in [3.63, 3.8) is 0 Å². The van der Waals surface area contributed by atoms with Gasteiger partial charge in [-0.1, -0.05) is 17.3 Å². The number of aromatic nitrogens is 3. The predicted molar refractivity (Wildman–Crippen MR) is 96.9 cm³/mol. The van der Waals surface area contributed by atoms with Gasteiger partial charge in [-0.3, -0.25) is 14.2 Å². The maximum Gasteiger partial charge on any atom is 0.267 e. The molecule has 0 radical (unpaired) electrons. The van der Waals surface area contributed by atoms with E-state index in [4.69, 9.17) is 14.0 Å². The van der Waals surface area contributed by atoms with Gasteiger partial charge in [-0.05, 0) is 19.9 Å². The van der Waals surface area contributed by atoms with Crippen LogP contribution >= 0.6 is 0 Å². The summed E-state index contributed by atoms with van der Waals surface area (Å²) in [6.07, 6.45) is 0. The van der Waals surface area contributed by atoms with Crippen LogP contribution in [0.2, 0.25) is 0 Å². The Kier molecular flexibility index (Phi) is 5.11. The number of nitrogens with one attached hydrogen (secondary N) is 1. The van der Waals surface area contributed by atoms with E-state index in [1.54, 1.807) is 27.0 Å². The maximum absolute atomic E-state index is 12.6. The molecule has 0 saturated heterocycles. The number of hydrogen-bond acceptors (Lipinski definition) is 7. The molecule has 0 aliphatic rings. The molecule has 3 rings (SSSR count). The van der Waals surface area contributed by atoms with Crippen molar-refractivity contribution in [2.24, 2.45) is 0 Å². The van der Waals surface area contributed by atoms with Gasteiger partial charge in [0.2, 0.25) is 5.91 Å². The number of aryl methyl sites for hydroxylation is 2. The minimum absolute atomic E-state index is 0.162. The van der Waals surface area contributed by atoms with E-state index in [-0.39, 0.29) is 35.7 Å². The van der Waals surface area contributed by atoms with Crippen LogP contribution in [0, 0.1) is 13.8 Å². The lowest BCUT2D eigenvalue weighted by atomic mass is 10.2. The summed E-state index contributed by atoms with van der Waals surface area (Å²) in [6.45, 7) is 3.36. The predicted octanol–water partition coefficient (Wildman–Crippen LogP) is 1.33. The number of methoxy groups -OCH3 is 2. The fraction of sp³-hybridized carbons (Fsp3) is 0.333. The van der Waals surface area contributed by atoms with E-state index in [9.17, 15) is 9.59 Å². The monoisotopic (exact) mass is 372 g/mol. The van der Waals surface area contributed by atoms with E-state index < -0.39 is 0 Å². The third-order valence-electron chi connectivity index (χ3n) is 4.22. The Labute approximate surface area is 154 Å². The summed E-state index contributed by atoms with van der Waals surface area (Å²) in [7, 11) is 3.08. The van der Waals surface area contributed by atoms with Gasteiger partial charge in [0, 0.05) is 12.1 Å². The van der Waals surface area contributed by atoms with Crippen molar-refractivity contribution in [3.05, 3.63) is 45.6 Å². The van der Waals surface area contributed by atoms with Crippen molar-refractivity contribution in [2.45, 2.75) is 26.9 Å². The van der Waals surface area contributed by atoms with Gasteiger partial charge in [0.1, 0.15) is 17.8 Å². The van der Waals surface area contributed by atoms with E-state index in [0.29, 0.717) is 23.0 Å². The van der Waals surface area contributed by atoms with Crippen molar-refractivity contribution in [1.29, 1.82) is 0 Å². The number of fused-ring (bicyclic) bond motifs is 1. The molecule has 0 spiro atoms. The average Bonchev–Trinajstić information content (AvgIpc) is 3.03. The lowest BCUT2D eigenvalue weighted by molar-refractivity contribution is -0.121. The van der Waals surface area contributed by atoms with E-state index >= 15 is 0 Å². The smallest absolute Gasteiger partial charge is 0.267 e. The Morgan fingerprint density at radius 1 is 1.26 bits per heavy atom. The molecule has 0 aliphatic carbocycles. The molecule has 3 aromatic rings. The molecule has 27 heavy (non-hydrogen) atoms. The summed E-state index contributed by atoms with van der Waals surface area (Å²) in [5.41, 5.74) is 1.02. The van der Waals surface area contributed by atoms with Crippen LogP contribution in [0.1, 0.15) is 17.1 Å². The van der Waals surface area contributed by atoms with Gasteiger partial charge in [0.05, 0.1) is 19.9 Å². The first-order valence-corrected chi connectivity index (χ1v) is 8.26. The largest absolute Gasteiger partial charge is 0.493 e. The Morgan fingerprint density at radius 3 is 2.74 bits per heavy atom. The highest BCUT2D eigenvalue weighted by atomic mass is 16.5. The van der Waals surface area contributed by atoms with E-state index in [0.717, 1.165) is 5.56 Å². The highest BCUT2D eigenvalue weighted by molar-refractivity contribution is 5.78. The first kappa shape index (κ1) is 18.4. The highest BCUT2D eigenvalue weighted by Crippen LogP contribution is 2.30. The van der Waals surface area contributed by atoms with Crippen molar-refractivity contribution in [3.8, 4) is 11.5 Å². The Hall–Kier alpha value is -3.36. The second-order valence-corrected chi connectivity index (χ2v) is 5.93. The minimum Gasteiger partial charge on any atom is -0.493 e. The number of benzene rings is 1. The lowest BCUT2D eigenvalue weighted by Gasteiger charge is -2.14. The fourth-order valence-corrected chi connectivity index (χ4v) is 2.84. The quantitative estimate of drug-likeness (QED) is 0.695. The second kappa shape index (κ2) is 7.48. The van der Waals surface area contributed by atoms with E-state index in [1.165, 1.54) is 11.7 Å². The summed E-state index contributed by atoms with van der Waals surface area (Å²) in [4.78, 5) is 29.2. The number of amides is 1. The minimum atomic E-state index is -0.356. The number of rotatable bonds is 6. The van der Waals surface area contributed by atoms with Crippen LogP contribution in [0.3, 0.4) is 0 Å². The van der Waals surface area contributed by atoms with Gasteiger partial charge in [-0.25, -0.2) is 0 Å². The van der Waals surface area contributed by atoms with Crippen LogP contribution < -0.4 is 20.3 Å². The zero-order valence-corrected chi connectivity index (χ0v) is 15.5. The topological polar surface area (TPSA) is 108 Å². The molecular formula is C18H20N4O5. The molecule has 142 valence electrons. The van der Waals surface area contributed by atoms with Crippen LogP contribution in [0.5, 0.6) is 11.5 Å². The molecule has 2 aromatic heterocycles. The van der Waals surface area contributed by atoms with Gasteiger partial charge in [0.25, 0.3) is 11.3 Å². The summed E-state index contributed by atoms with van der Waals surface area (Å²) in [5, 5.41) is 6.82. The standard InChI is InChI=1S/C18H20N4O5/c1-10-15-17(27-21-10)20-11(2)22(18(15)24)9-14(23)19-8-12-6-5-7-13(25-3)16(12)26-4/h5-7H,8-9H2,1-4H3,(H,19,23). The molecule has 0 unspecified atom stereocenters. The number of hydrogen-bond donors (Lipinski definition) is 1. The third-order valence-corrected chi connectivity index (χ3v) is 4.22. The van der Waals surface area contributed by atoms with Crippen LogP contribution in [0.15, 0.2) is 27.5 Å². The molecule has 0 saturated carbocycles. The highest BCUT2D eigenvalue weighted by Gasteiger charge is 2.17. The van der Waals surface area contributed by atoms with Gasteiger partial charge in [-0.2, -0.15) is 4.98 Å². The lowest BCUT2D eigenvalue weighted by Crippen LogP contribution is -2.33. The molecule has 1 aromatic carbocycles. The number of carbonyl (C=O) groups excluding carboxylic acids is 1. The van der Waals surface area contributed by atoms with Gasteiger partial charge >= 0.3 is 0 Å². The van der Waals surface area contributed by atoms with Gasteiger partial charge < -0.3 is 19.3 Å². The molecule has 0 atom stereocenters. The molecule has 2 heterocycles. The van der Waals surface area contributed by atoms with Crippen molar-refractivity contribution in [1.82, 2.24) is 20.0 Å². The molecule has 1 N–H and O–H groups in total. The van der Waals surface area contributed by atoms with Crippen LogP contribution in [-0.4, -0.2) is 34.8 Å². The first-order valence-electron chi connectivity index (χ1n) is 8.26. The zero-order valence-electron chi connectivity index (χ0n) is 15.5. The van der Waals surface area contributed by atoms with E-state index in [2.05, 4.69) is 15.5 Å². The van der Waals surface area contributed by atoms with Crippen molar-refractivity contribution in [2.75, 3.05) is 14.2 Å². The maximum atomic E-state index is 12.6. The van der Waals surface area contributed by atoms with Crippen LogP contribution in [-0.2, 0) is 17.9 Å². The Bertz CT molecular complexity index is 1050. The first-order chi connectivity index (χ1) is 13.0. The summed E-state index contributed by atoms with van der Waals surface area (Å²) in [6, 6.07) is 5.41. The van der Waals surface area contributed by atoms with Gasteiger partial charge in [-0.15, -0.1) is 0 Å². The Balaban J connectivity index is 1.79. The molecule has 9 nitrogen and oxygen atoms in total. The second-order valence-electron chi connectivity index (χ2n) is 5.93. The molecule has 0 aliphatic heterocycles. The fourth-order valence-electron chi connectivity index (χ4n) is 2.84. The molecule has 1 amide bonds. The average molecular weight is 372 g/mol. The number of carbonyl (C=O) groups is 1.